The van der Waals surface area contributed by atoms with Crippen LogP contribution in [0.1, 0.15) is 11.6 Å². The van der Waals surface area contributed by atoms with Crippen molar-refractivity contribution in [3.63, 3.8) is 0 Å². The Hall–Kier alpha value is -1.39. The normalized spacial score (nSPS) is 15.9. The minimum Gasteiger partial charge on any atom is -0.347 e. The molecule has 0 spiro atoms. The standard InChI is InChI=1S/C6H8N4O/c1-4-8-5-2-7-6(11)3-10(5)9-4/h2-3H2,1H3,(H,7,11). The third-order valence-corrected chi connectivity index (χ3v) is 1.59. The molecule has 0 saturated carbocycles. The smallest absolute Gasteiger partial charge is 0.242 e. The number of hydrogen-bond donors (Lipinski definition) is 1. The van der Waals surface area contributed by atoms with Gasteiger partial charge in [0.05, 0.1) is 6.54 Å². The topological polar surface area (TPSA) is 59.8 Å². The van der Waals surface area contributed by atoms with Crippen LogP contribution in [0.25, 0.3) is 0 Å². The van der Waals surface area contributed by atoms with Crippen LogP contribution in [0.5, 0.6) is 0 Å². The van der Waals surface area contributed by atoms with Crippen molar-refractivity contribution in [2.24, 2.45) is 0 Å². The molecule has 1 aromatic heterocycles. The highest BCUT2D eigenvalue weighted by Gasteiger charge is 2.16. The minimum atomic E-state index is 0.00222. The average Bonchev–Trinajstić information content (AvgIpc) is 2.27. The number of hydrogen-bond acceptors (Lipinski definition) is 3. The van der Waals surface area contributed by atoms with Crippen LogP contribution in [0, 0.1) is 6.92 Å². The summed E-state index contributed by atoms with van der Waals surface area (Å²) in [6.45, 7) is 2.62. The lowest BCUT2D eigenvalue weighted by Gasteiger charge is -2.11. The second-order valence-electron chi connectivity index (χ2n) is 2.51. The fourth-order valence-corrected chi connectivity index (χ4v) is 1.13. The van der Waals surface area contributed by atoms with E-state index in [0.29, 0.717) is 13.1 Å². The molecule has 1 aromatic rings. The molecule has 1 N–H and O–H groups in total. The highest BCUT2D eigenvalue weighted by molar-refractivity contribution is 5.76. The van der Waals surface area contributed by atoms with Gasteiger partial charge in [-0.1, -0.05) is 0 Å². The number of aromatic nitrogens is 3. The first-order valence-corrected chi connectivity index (χ1v) is 3.43. The SMILES string of the molecule is Cc1nc2n(n1)CC(=O)NC2. The van der Waals surface area contributed by atoms with Crippen molar-refractivity contribution < 1.29 is 4.79 Å². The molecule has 2 rings (SSSR count). The third kappa shape index (κ3) is 0.978. The number of aryl methyl sites for hydroxylation is 1. The van der Waals surface area contributed by atoms with E-state index >= 15 is 0 Å². The van der Waals surface area contributed by atoms with Gasteiger partial charge in [-0.15, -0.1) is 0 Å². The van der Waals surface area contributed by atoms with Gasteiger partial charge < -0.3 is 5.32 Å². The van der Waals surface area contributed by atoms with Crippen molar-refractivity contribution in [1.82, 2.24) is 20.1 Å². The van der Waals surface area contributed by atoms with Crippen LogP contribution in [0.4, 0.5) is 0 Å². The molecule has 0 aromatic carbocycles. The molecule has 0 atom stereocenters. The minimum absolute atomic E-state index is 0.00222. The average molecular weight is 152 g/mol. The maximum absolute atomic E-state index is 10.8. The zero-order chi connectivity index (χ0) is 7.84. The molecule has 1 amide bonds. The van der Waals surface area contributed by atoms with E-state index in [9.17, 15) is 4.79 Å². The van der Waals surface area contributed by atoms with E-state index in [4.69, 9.17) is 0 Å². The molecule has 0 fully saturated rings. The van der Waals surface area contributed by atoms with Gasteiger partial charge in [0, 0.05) is 0 Å². The maximum Gasteiger partial charge on any atom is 0.242 e. The van der Waals surface area contributed by atoms with Crippen LogP contribution in [0.3, 0.4) is 0 Å². The first-order chi connectivity index (χ1) is 5.25. The summed E-state index contributed by atoms with van der Waals surface area (Å²) >= 11 is 0. The predicted molar refractivity (Wildman–Crippen MR) is 36.6 cm³/mol. The van der Waals surface area contributed by atoms with Gasteiger partial charge in [-0.2, -0.15) is 5.10 Å². The Kier molecular flexibility index (Phi) is 1.18. The van der Waals surface area contributed by atoms with Crippen LogP contribution >= 0.6 is 0 Å². The largest absolute Gasteiger partial charge is 0.347 e. The summed E-state index contributed by atoms with van der Waals surface area (Å²) in [6, 6.07) is 0. The molecule has 1 aliphatic rings. The number of carbonyl (C=O) groups is 1. The number of amides is 1. The second kappa shape index (κ2) is 2.05. The fraction of sp³-hybridized carbons (Fsp3) is 0.500. The first kappa shape index (κ1) is 6.33. The van der Waals surface area contributed by atoms with Crippen molar-refractivity contribution in [2.45, 2.75) is 20.0 Å². The highest BCUT2D eigenvalue weighted by atomic mass is 16.2. The van der Waals surface area contributed by atoms with Crippen molar-refractivity contribution in [3.05, 3.63) is 11.6 Å². The number of nitrogens with zero attached hydrogens (tertiary/aromatic N) is 3. The zero-order valence-corrected chi connectivity index (χ0v) is 6.16. The number of nitrogens with one attached hydrogen (secondary N) is 1. The van der Waals surface area contributed by atoms with Gasteiger partial charge >= 0.3 is 0 Å². The van der Waals surface area contributed by atoms with Crippen molar-refractivity contribution >= 4 is 5.91 Å². The van der Waals surface area contributed by atoms with Crippen LogP contribution < -0.4 is 5.32 Å². The van der Waals surface area contributed by atoms with E-state index in [0.717, 1.165) is 11.6 Å². The summed E-state index contributed by atoms with van der Waals surface area (Å²) in [4.78, 5) is 15.0. The maximum atomic E-state index is 10.8. The third-order valence-electron chi connectivity index (χ3n) is 1.59. The Labute approximate surface area is 63.4 Å². The summed E-state index contributed by atoms with van der Waals surface area (Å²) in [5, 5.41) is 6.74. The summed E-state index contributed by atoms with van der Waals surface area (Å²) in [6.07, 6.45) is 0. The zero-order valence-electron chi connectivity index (χ0n) is 6.16. The summed E-state index contributed by atoms with van der Waals surface area (Å²) in [5.74, 6) is 1.56. The number of carbonyl (C=O) groups excluding carboxylic acids is 1. The van der Waals surface area contributed by atoms with Gasteiger partial charge in [-0.3, -0.25) is 4.79 Å². The van der Waals surface area contributed by atoms with E-state index in [2.05, 4.69) is 15.4 Å². The fourth-order valence-electron chi connectivity index (χ4n) is 1.13. The molecule has 2 heterocycles. The van der Waals surface area contributed by atoms with Gasteiger partial charge in [0.25, 0.3) is 0 Å². The second-order valence-corrected chi connectivity index (χ2v) is 2.51. The van der Waals surface area contributed by atoms with Crippen LogP contribution in [0.2, 0.25) is 0 Å². The van der Waals surface area contributed by atoms with Crippen LogP contribution in [0.15, 0.2) is 0 Å². The quantitative estimate of drug-likeness (QED) is 0.530. The van der Waals surface area contributed by atoms with Crippen LogP contribution in [-0.2, 0) is 17.9 Å². The molecule has 1 aliphatic heterocycles. The lowest BCUT2D eigenvalue weighted by molar-refractivity contribution is -0.122. The Balaban J connectivity index is 2.41. The molecule has 5 nitrogen and oxygen atoms in total. The number of rotatable bonds is 0. The Morgan fingerprint density at radius 1 is 1.64 bits per heavy atom. The summed E-state index contributed by atoms with van der Waals surface area (Å²) < 4.78 is 1.63. The monoisotopic (exact) mass is 152 g/mol. The summed E-state index contributed by atoms with van der Waals surface area (Å²) in [7, 11) is 0. The molecule has 5 heteroatoms. The molecule has 0 unspecified atom stereocenters. The van der Waals surface area contributed by atoms with E-state index < -0.39 is 0 Å². The van der Waals surface area contributed by atoms with Crippen molar-refractivity contribution in [3.8, 4) is 0 Å². The molecule has 0 bridgehead atoms. The van der Waals surface area contributed by atoms with Gasteiger partial charge in [-0.25, -0.2) is 9.67 Å². The Morgan fingerprint density at radius 2 is 2.45 bits per heavy atom. The summed E-state index contributed by atoms with van der Waals surface area (Å²) in [5.41, 5.74) is 0. The van der Waals surface area contributed by atoms with E-state index in [1.807, 2.05) is 6.92 Å². The van der Waals surface area contributed by atoms with Crippen LogP contribution in [-0.4, -0.2) is 20.7 Å². The van der Waals surface area contributed by atoms with Gasteiger partial charge in [0.2, 0.25) is 5.91 Å². The Morgan fingerprint density at radius 3 is 3.27 bits per heavy atom. The molecule has 11 heavy (non-hydrogen) atoms. The van der Waals surface area contributed by atoms with Gasteiger partial charge in [0.1, 0.15) is 18.2 Å². The molecular formula is C6H8N4O. The van der Waals surface area contributed by atoms with E-state index in [1.54, 1.807) is 4.68 Å². The molecule has 0 saturated heterocycles. The lowest BCUT2D eigenvalue weighted by Crippen LogP contribution is -2.34. The Bertz CT molecular complexity index is 304. The highest BCUT2D eigenvalue weighted by Crippen LogP contribution is 2.01. The predicted octanol–water partition coefficient (Wildman–Crippen LogP) is -0.784. The van der Waals surface area contributed by atoms with E-state index in [1.165, 1.54) is 0 Å². The molecular weight excluding hydrogens is 144 g/mol. The molecule has 0 aliphatic carbocycles. The van der Waals surface area contributed by atoms with E-state index in [-0.39, 0.29) is 5.91 Å². The molecule has 58 valence electrons. The van der Waals surface area contributed by atoms with Gasteiger partial charge in [-0.05, 0) is 6.92 Å². The van der Waals surface area contributed by atoms with Crippen molar-refractivity contribution in [1.29, 1.82) is 0 Å². The van der Waals surface area contributed by atoms with Gasteiger partial charge in [0.15, 0.2) is 0 Å². The number of fused-ring (bicyclic) bond motifs is 1. The molecule has 0 radical (unpaired) electrons. The first-order valence-electron chi connectivity index (χ1n) is 3.43. The van der Waals surface area contributed by atoms with Crippen molar-refractivity contribution in [2.75, 3.05) is 0 Å². The lowest BCUT2D eigenvalue weighted by atomic mass is 10.4.